The van der Waals surface area contributed by atoms with Crippen molar-refractivity contribution in [3.8, 4) is 0 Å². The largest absolute Gasteiger partial charge is 0.396 e. The third-order valence-corrected chi connectivity index (χ3v) is 3.64. The van der Waals surface area contributed by atoms with Crippen LogP contribution in [0.25, 0.3) is 0 Å². The van der Waals surface area contributed by atoms with E-state index < -0.39 is 0 Å². The molecule has 0 aromatic heterocycles. The maximum Gasteiger partial charge on any atom is 0.254 e. The highest BCUT2D eigenvalue weighted by molar-refractivity contribution is 6.30. The van der Waals surface area contributed by atoms with Crippen LogP contribution in [-0.4, -0.2) is 35.1 Å². The fourth-order valence-electron chi connectivity index (χ4n) is 2.18. The van der Waals surface area contributed by atoms with Gasteiger partial charge in [0, 0.05) is 29.8 Å². The van der Waals surface area contributed by atoms with Gasteiger partial charge in [-0.1, -0.05) is 17.7 Å². The average molecular weight is 268 g/mol. The quantitative estimate of drug-likeness (QED) is 0.891. The molecular weight excluding hydrogens is 250 g/mol. The molecule has 1 fully saturated rings. The van der Waals surface area contributed by atoms with Crippen molar-refractivity contribution in [1.29, 1.82) is 0 Å². The molecule has 98 valence electrons. The summed E-state index contributed by atoms with van der Waals surface area (Å²) in [5, 5.41) is 9.51. The maximum absolute atomic E-state index is 12.4. The van der Waals surface area contributed by atoms with Crippen LogP contribution < -0.4 is 0 Å². The molecule has 3 nitrogen and oxygen atoms in total. The Morgan fingerprint density at radius 1 is 1.44 bits per heavy atom. The Hall–Kier alpha value is -1.06. The van der Waals surface area contributed by atoms with Gasteiger partial charge in [0.1, 0.15) is 0 Å². The third-order valence-electron chi connectivity index (χ3n) is 3.41. The highest BCUT2D eigenvalue weighted by Crippen LogP contribution is 2.26. The van der Waals surface area contributed by atoms with Crippen molar-refractivity contribution >= 4 is 17.5 Å². The van der Waals surface area contributed by atoms with E-state index in [9.17, 15) is 4.79 Å². The summed E-state index contributed by atoms with van der Waals surface area (Å²) >= 11 is 5.91. The molecule has 1 saturated carbocycles. The number of carbonyl (C=O) groups excluding carboxylic acids is 1. The lowest BCUT2D eigenvalue weighted by atomic mass is 9.91. The molecule has 0 spiro atoms. The van der Waals surface area contributed by atoms with Crippen molar-refractivity contribution in [2.45, 2.75) is 31.7 Å². The number of aliphatic hydroxyl groups is 1. The van der Waals surface area contributed by atoms with Crippen LogP contribution in [0.1, 0.15) is 36.0 Å². The van der Waals surface area contributed by atoms with Crippen LogP contribution in [0.3, 0.4) is 0 Å². The second-order valence-corrected chi connectivity index (χ2v) is 5.11. The van der Waals surface area contributed by atoms with Gasteiger partial charge in [-0.15, -0.1) is 0 Å². The van der Waals surface area contributed by atoms with E-state index in [1.165, 1.54) is 6.42 Å². The number of nitrogens with zero attached hydrogens (tertiary/aromatic N) is 1. The van der Waals surface area contributed by atoms with E-state index in [0.717, 1.165) is 12.8 Å². The zero-order chi connectivity index (χ0) is 13.0. The van der Waals surface area contributed by atoms with E-state index in [1.54, 1.807) is 24.3 Å². The maximum atomic E-state index is 12.4. The summed E-state index contributed by atoms with van der Waals surface area (Å²) in [5.74, 6) is 0.0238. The number of amides is 1. The molecule has 0 saturated heterocycles. The van der Waals surface area contributed by atoms with Crippen molar-refractivity contribution in [1.82, 2.24) is 4.90 Å². The summed E-state index contributed by atoms with van der Waals surface area (Å²) in [5.41, 5.74) is 0.632. The van der Waals surface area contributed by atoms with Gasteiger partial charge in [0.05, 0.1) is 0 Å². The molecule has 0 atom stereocenters. The number of aliphatic hydroxyl groups excluding tert-OH is 1. The van der Waals surface area contributed by atoms with Crippen molar-refractivity contribution < 1.29 is 9.90 Å². The summed E-state index contributed by atoms with van der Waals surface area (Å²) in [6.07, 6.45) is 3.95. The van der Waals surface area contributed by atoms with Crippen LogP contribution in [0.2, 0.25) is 5.02 Å². The Morgan fingerprint density at radius 3 is 2.78 bits per heavy atom. The minimum Gasteiger partial charge on any atom is -0.396 e. The first-order valence-corrected chi connectivity index (χ1v) is 6.77. The average Bonchev–Trinajstić information content (AvgIpc) is 2.31. The Labute approximate surface area is 112 Å². The third kappa shape index (κ3) is 3.03. The topological polar surface area (TPSA) is 40.5 Å². The first-order chi connectivity index (χ1) is 8.72. The van der Waals surface area contributed by atoms with Gasteiger partial charge in [-0.3, -0.25) is 4.79 Å². The molecule has 1 aliphatic rings. The highest BCUT2D eigenvalue weighted by Gasteiger charge is 2.28. The molecule has 0 aliphatic heterocycles. The van der Waals surface area contributed by atoms with E-state index in [2.05, 4.69) is 0 Å². The SMILES string of the molecule is O=C(c1cccc(Cl)c1)N(CCCO)C1CCC1. The van der Waals surface area contributed by atoms with Gasteiger partial charge in [-0.25, -0.2) is 0 Å². The lowest BCUT2D eigenvalue weighted by molar-refractivity contribution is 0.0562. The molecule has 1 aliphatic carbocycles. The monoisotopic (exact) mass is 267 g/mol. The predicted molar refractivity (Wildman–Crippen MR) is 71.8 cm³/mol. The van der Waals surface area contributed by atoms with Crippen LogP contribution in [-0.2, 0) is 0 Å². The minimum absolute atomic E-state index is 0.0238. The number of hydrogen-bond donors (Lipinski definition) is 1. The Balaban J connectivity index is 2.11. The van der Waals surface area contributed by atoms with Gasteiger partial charge < -0.3 is 10.0 Å². The van der Waals surface area contributed by atoms with E-state index >= 15 is 0 Å². The number of benzene rings is 1. The first kappa shape index (κ1) is 13.4. The molecule has 18 heavy (non-hydrogen) atoms. The molecule has 1 aromatic rings. The molecular formula is C14H18ClNO2. The Kier molecular flexibility index (Phi) is 4.61. The van der Waals surface area contributed by atoms with E-state index in [4.69, 9.17) is 16.7 Å². The summed E-state index contributed by atoms with van der Waals surface area (Å²) < 4.78 is 0. The fourth-order valence-corrected chi connectivity index (χ4v) is 2.37. The predicted octanol–water partition coefficient (Wildman–Crippen LogP) is 2.72. The number of rotatable bonds is 5. The normalized spacial score (nSPS) is 15.2. The molecule has 0 heterocycles. The zero-order valence-electron chi connectivity index (χ0n) is 10.3. The molecule has 0 bridgehead atoms. The van der Waals surface area contributed by atoms with Gasteiger partial charge in [0.15, 0.2) is 0 Å². The first-order valence-electron chi connectivity index (χ1n) is 6.40. The summed E-state index contributed by atoms with van der Waals surface area (Å²) in [6, 6.07) is 7.39. The number of hydrogen-bond acceptors (Lipinski definition) is 2. The van der Waals surface area contributed by atoms with Crippen molar-refractivity contribution in [2.75, 3.05) is 13.2 Å². The van der Waals surface area contributed by atoms with Crippen molar-refractivity contribution in [3.05, 3.63) is 34.9 Å². The number of carbonyl (C=O) groups is 1. The molecule has 1 amide bonds. The second-order valence-electron chi connectivity index (χ2n) is 4.67. The summed E-state index contributed by atoms with van der Waals surface area (Å²) in [7, 11) is 0. The van der Waals surface area contributed by atoms with E-state index in [1.807, 2.05) is 4.90 Å². The molecule has 1 N–H and O–H groups in total. The minimum atomic E-state index is 0.0238. The molecule has 4 heteroatoms. The van der Waals surface area contributed by atoms with E-state index in [-0.39, 0.29) is 12.5 Å². The standard InChI is InChI=1S/C14H18ClNO2/c15-12-5-1-4-11(10-12)14(18)16(8-3-9-17)13-6-2-7-13/h1,4-5,10,13,17H,2-3,6-9H2. The van der Waals surface area contributed by atoms with Crippen molar-refractivity contribution in [3.63, 3.8) is 0 Å². The van der Waals surface area contributed by atoms with Crippen LogP contribution >= 0.6 is 11.6 Å². The van der Waals surface area contributed by atoms with Gasteiger partial charge in [-0.2, -0.15) is 0 Å². The Morgan fingerprint density at radius 2 is 2.22 bits per heavy atom. The van der Waals surface area contributed by atoms with Crippen LogP contribution in [0.4, 0.5) is 0 Å². The second kappa shape index (κ2) is 6.21. The molecule has 0 radical (unpaired) electrons. The smallest absolute Gasteiger partial charge is 0.254 e. The van der Waals surface area contributed by atoms with Gasteiger partial charge in [-0.05, 0) is 43.9 Å². The van der Waals surface area contributed by atoms with Gasteiger partial charge in [0.25, 0.3) is 5.91 Å². The van der Waals surface area contributed by atoms with Crippen LogP contribution in [0, 0.1) is 0 Å². The fraction of sp³-hybridized carbons (Fsp3) is 0.500. The number of halogens is 1. The van der Waals surface area contributed by atoms with Gasteiger partial charge in [0.2, 0.25) is 0 Å². The summed E-state index contributed by atoms with van der Waals surface area (Å²) in [4.78, 5) is 14.3. The van der Waals surface area contributed by atoms with E-state index in [0.29, 0.717) is 29.6 Å². The van der Waals surface area contributed by atoms with Crippen LogP contribution in [0.5, 0.6) is 0 Å². The highest BCUT2D eigenvalue weighted by atomic mass is 35.5. The molecule has 2 rings (SSSR count). The molecule has 1 aromatic carbocycles. The van der Waals surface area contributed by atoms with Crippen LogP contribution in [0.15, 0.2) is 24.3 Å². The zero-order valence-corrected chi connectivity index (χ0v) is 11.1. The lowest BCUT2D eigenvalue weighted by Gasteiger charge is -2.37. The summed E-state index contributed by atoms with van der Waals surface area (Å²) in [6.45, 7) is 0.735. The van der Waals surface area contributed by atoms with Gasteiger partial charge >= 0.3 is 0 Å². The Bertz CT molecular complexity index is 418. The van der Waals surface area contributed by atoms with Crippen molar-refractivity contribution in [2.24, 2.45) is 0 Å². The molecule has 0 unspecified atom stereocenters. The lowest BCUT2D eigenvalue weighted by Crippen LogP contribution is -2.44.